The molecule has 0 aliphatic heterocycles. The molecule has 0 bridgehead atoms. The van der Waals surface area contributed by atoms with Crippen LogP contribution < -0.4 is 17.0 Å². The minimum absolute atomic E-state index is 0. The van der Waals surface area contributed by atoms with Gasteiger partial charge in [-0.05, 0) is 25.7 Å². The fourth-order valence-corrected chi connectivity index (χ4v) is 2.57. The number of nitrogens with zero attached hydrogens (tertiary/aromatic N) is 2. The molecular formula is C16H41BrN2O. The van der Waals surface area contributed by atoms with Gasteiger partial charge >= 0.3 is 0 Å². The standard InChI is InChI=1S/C12H28N.C4H12N.BrH.H2O/c1-5-9-13(10-6-2,11-7-3)12-8-4;1-5(2,3)4;;/h5-12H2,1-4H3;1-4H3;1H;1H2/q2*+1;;/p-2. The summed E-state index contributed by atoms with van der Waals surface area (Å²) in [7, 11) is 8.50. The normalized spacial score (nSPS) is 10.8. The molecule has 0 saturated heterocycles. The third-order valence-corrected chi connectivity index (χ3v) is 2.79. The molecule has 0 aliphatic carbocycles. The predicted octanol–water partition coefficient (Wildman–Crippen LogP) is 0.593. The smallest absolute Gasteiger partial charge is 0.0783 e. The number of hydrogen-bond donors (Lipinski definition) is 0. The number of hydrogen-bond acceptors (Lipinski definition) is 1. The number of quaternary nitrogens is 2. The van der Waals surface area contributed by atoms with Crippen molar-refractivity contribution >= 4 is 0 Å². The van der Waals surface area contributed by atoms with Gasteiger partial charge in [-0.25, -0.2) is 0 Å². The Hall–Kier alpha value is 0.360. The van der Waals surface area contributed by atoms with Crippen molar-refractivity contribution in [1.29, 1.82) is 0 Å². The van der Waals surface area contributed by atoms with Gasteiger partial charge in [0, 0.05) is 0 Å². The van der Waals surface area contributed by atoms with Crippen molar-refractivity contribution in [3.05, 3.63) is 0 Å². The molecular weight excluding hydrogens is 316 g/mol. The Morgan fingerprint density at radius 3 is 0.800 bits per heavy atom. The SMILES string of the molecule is CCC[N+](CCC)(CCC)CCC.C[N+](C)(C)C.[Br-].[OH-]. The summed E-state index contributed by atoms with van der Waals surface area (Å²) in [5.74, 6) is 0. The first kappa shape index (κ1) is 28.5. The van der Waals surface area contributed by atoms with Gasteiger partial charge in [-0.3, -0.25) is 0 Å². The Balaban J connectivity index is -0.000000158. The summed E-state index contributed by atoms with van der Waals surface area (Å²) in [6.07, 6.45) is 5.33. The first-order valence-electron chi connectivity index (χ1n) is 7.88. The third-order valence-electron chi connectivity index (χ3n) is 2.79. The molecule has 0 heterocycles. The maximum absolute atomic E-state index is 2.31. The van der Waals surface area contributed by atoms with Gasteiger partial charge < -0.3 is 31.4 Å². The maximum atomic E-state index is 2.31. The summed E-state index contributed by atoms with van der Waals surface area (Å²) in [6, 6.07) is 0. The molecule has 0 amide bonds. The molecule has 0 rings (SSSR count). The topological polar surface area (TPSA) is 30.0 Å². The Labute approximate surface area is 139 Å². The van der Waals surface area contributed by atoms with Gasteiger partial charge in [-0.2, -0.15) is 0 Å². The van der Waals surface area contributed by atoms with E-state index in [2.05, 4.69) is 55.9 Å². The van der Waals surface area contributed by atoms with Crippen LogP contribution >= 0.6 is 0 Å². The number of rotatable bonds is 8. The van der Waals surface area contributed by atoms with E-state index in [1.807, 2.05) is 0 Å². The Bertz CT molecular complexity index is 146. The van der Waals surface area contributed by atoms with E-state index >= 15 is 0 Å². The molecule has 1 N–H and O–H groups in total. The van der Waals surface area contributed by atoms with Crippen LogP contribution in [0.3, 0.4) is 0 Å². The second-order valence-electron chi connectivity index (χ2n) is 6.92. The molecule has 0 saturated carbocycles. The molecule has 3 nitrogen and oxygen atoms in total. The van der Waals surface area contributed by atoms with E-state index in [1.165, 1.54) is 56.3 Å². The quantitative estimate of drug-likeness (QED) is 0.585. The first-order valence-corrected chi connectivity index (χ1v) is 7.88. The molecule has 128 valence electrons. The van der Waals surface area contributed by atoms with E-state index < -0.39 is 0 Å². The average molecular weight is 357 g/mol. The van der Waals surface area contributed by atoms with Crippen LogP contribution in [0, 0.1) is 0 Å². The summed E-state index contributed by atoms with van der Waals surface area (Å²) >= 11 is 0. The summed E-state index contributed by atoms with van der Waals surface area (Å²) in [6.45, 7) is 14.8. The van der Waals surface area contributed by atoms with E-state index in [4.69, 9.17) is 0 Å². The average Bonchev–Trinajstić information content (AvgIpc) is 2.16. The fourth-order valence-electron chi connectivity index (χ4n) is 2.57. The zero-order valence-electron chi connectivity index (χ0n) is 15.4. The van der Waals surface area contributed by atoms with Crippen LogP contribution in [0.2, 0.25) is 0 Å². The summed E-state index contributed by atoms with van der Waals surface area (Å²) < 4.78 is 2.38. The van der Waals surface area contributed by atoms with Crippen LogP contribution in [0.4, 0.5) is 0 Å². The van der Waals surface area contributed by atoms with Crippen molar-refractivity contribution in [3.63, 3.8) is 0 Å². The van der Waals surface area contributed by atoms with Gasteiger partial charge in [-0.1, -0.05) is 27.7 Å². The first-order chi connectivity index (χ1) is 8.24. The lowest BCUT2D eigenvalue weighted by Crippen LogP contribution is -3.00. The van der Waals surface area contributed by atoms with Gasteiger partial charge in [0.1, 0.15) is 0 Å². The van der Waals surface area contributed by atoms with E-state index in [0.29, 0.717) is 0 Å². The van der Waals surface area contributed by atoms with Gasteiger partial charge in [0.25, 0.3) is 0 Å². The molecule has 4 heteroatoms. The van der Waals surface area contributed by atoms with Gasteiger partial charge in [0.2, 0.25) is 0 Å². The molecule has 20 heavy (non-hydrogen) atoms. The molecule has 0 atom stereocenters. The van der Waals surface area contributed by atoms with E-state index in [9.17, 15) is 0 Å². The predicted molar refractivity (Wildman–Crippen MR) is 86.8 cm³/mol. The van der Waals surface area contributed by atoms with Gasteiger partial charge in [0.15, 0.2) is 0 Å². The fraction of sp³-hybridized carbons (Fsp3) is 1.00. The summed E-state index contributed by atoms with van der Waals surface area (Å²) in [5.41, 5.74) is 0. The Kier molecular flexibility index (Phi) is 22.4. The minimum atomic E-state index is 0. The third kappa shape index (κ3) is 20.7. The molecule has 0 radical (unpaired) electrons. The molecule has 0 fully saturated rings. The van der Waals surface area contributed by atoms with E-state index in [1.54, 1.807) is 0 Å². The van der Waals surface area contributed by atoms with Crippen molar-refractivity contribution < 1.29 is 31.4 Å². The second kappa shape index (κ2) is 15.7. The largest absolute Gasteiger partial charge is 1.00 e. The molecule has 0 aromatic rings. The molecule has 0 unspecified atom stereocenters. The second-order valence-corrected chi connectivity index (χ2v) is 6.92. The van der Waals surface area contributed by atoms with Crippen LogP contribution in [0.15, 0.2) is 0 Å². The van der Waals surface area contributed by atoms with Gasteiger partial charge in [-0.15, -0.1) is 0 Å². The van der Waals surface area contributed by atoms with Crippen LogP contribution in [0.1, 0.15) is 53.4 Å². The van der Waals surface area contributed by atoms with Crippen LogP contribution in [-0.4, -0.2) is 68.8 Å². The zero-order chi connectivity index (χ0) is 14.7. The monoisotopic (exact) mass is 356 g/mol. The van der Waals surface area contributed by atoms with Crippen molar-refractivity contribution in [2.45, 2.75) is 53.4 Å². The number of halogens is 1. The van der Waals surface area contributed by atoms with Crippen LogP contribution in [0.25, 0.3) is 0 Å². The lowest BCUT2D eigenvalue weighted by molar-refractivity contribution is -0.928. The summed E-state index contributed by atoms with van der Waals surface area (Å²) in [5, 5.41) is 0. The van der Waals surface area contributed by atoms with E-state index in [-0.39, 0.29) is 22.5 Å². The van der Waals surface area contributed by atoms with Crippen molar-refractivity contribution in [1.82, 2.24) is 0 Å². The van der Waals surface area contributed by atoms with E-state index in [0.717, 1.165) is 4.48 Å². The van der Waals surface area contributed by atoms with Gasteiger partial charge in [0.05, 0.1) is 54.4 Å². The maximum Gasteiger partial charge on any atom is 0.0783 e. The Morgan fingerprint density at radius 2 is 0.700 bits per heavy atom. The highest BCUT2D eigenvalue weighted by atomic mass is 79.9. The lowest BCUT2D eigenvalue weighted by atomic mass is 10.2. The van der Waals surface area contributed by atoms with Crippen molar-refractivity contribution in [2.75, 3.05) is 54.4 Å². The molecule has 0 aromatic carbocycles. The van der Waals surface area contributed by atoms with Crippen molar-refractivity contribution in [3.8, 4) is 0 Å². The zero-order valence-corrected chi connectivity index (χ0v) is 17.0. The lowest BCUT2D eigenvalue weighted by Gasteiger charge is -2.38. The molecule has 0 spiro atoms. The van der Waals surface area contributed by atoms with Crippen LogP contribution in [-0.2, 0) is 0 Å². The Morgan fingerprint density at radius 1 is 0.550 bits per heavy atom. The highest BCUT2D eigenvalue weighted by Gasteiger charge is 2.22. The minimum Gasteiger partial charge on any atom is -1.00 e. The highest BCUT2D eigenvalue weighted by Crippen LogP contribution is 2.12. The molecule has 0 aliphatic rings. The van der Waals surface area contributed by atoms with Crippen molar-refractivity contribution in [2.24, 2.45) is 0 Å². The molecule has 0 aromatic heterocycles. The highest BCUT2D eigenvalue weighted by molar-refractivity contribution is 4.43. The van der Waals surface area contributed by atoms with Crippen LogP contribution in [0.5, 0.6) is 0 Å². The summed E-state index contributed by atoms with van der Waals surface area (Å²) in [4.78, 5) is 0.